The van der Waals surface area contributed by atoms with Gasteiger partial charge in [-0.25, -0.2) is 0 Å². The molecular weight excluding hydrogens is 338 g/mol. The van der Waals surface area contributed by atoms with Crippen LogP contribution in [0.2, 0.25) is 0 Å². The van der Waals surface area contributed by atoms with Crippen molar-refractivity contribution in [1.82, 2.24) is 4.37 Å². The van der Waals surface area contributed by atoms with Crippen molar-refractivity contribution >= 4 is 38.1 Å². The first-order valence-electron chi connectivity index (χ1n) is 8.14. The van der Waals surface area contributed by atoms with Gasteiger partial charge >= 0.3 is 0 Å². The van der Waals surface area contributed by atoms with E-state index in [1.807, 2.05) is 12.1 Å². The van der Waals surface area contributed by atoms with Crippen LogP contribution in [0, 0.1) is 18.3 Å². The van der Waals surface area contributed by atoms with Crippen LogP contribution in [0.1, 0.15) is 35.5 Å². The first kappa shape index (κ1) is 15.7. The minimum Gasteiger partial charge on any atom is -0.467 e. The summed E-state index contributed by atoms with van der Waals surface area (Å²) >= 11 is 3.18. The number of fused-ring (bicyclic) bond motifs is 1. The summed E-state index contributed by atoms with van der Waals surface area (Å²) in [5.41, 5.74) is 8.17. The number of hydrogen-bond acceptors (Lipinski definition) is 6. The lowest BCUT2D eigenvalue weighted by molar-refractivity contribution is 0.518. The molecule has 24 heavy (non-hydrogen) atoms. The quantitative estimate of drug-likeness (QED) is 0.622. The summed E-state index contributed by atoms with van der Waals surface area (Å²) in [4.78, 5) is 1.19. The van der Waals surface area contributed by atoms with Crippen molar-refractivity contribution in [3.05, 3.63) is 34.6 Å². The van der Waals surface area contributed by atoms with Gasteiger partial charge in [0.15, 0.2) is 0 Å². The third-order valence-corrected chi connectivity index (χ3v) is 6.47. The summed E-state index contributed by atoms with van der Waals surface area (Å²) in [7, 11) is 0. The molecule has 1 fully saturated rings. The maximum Gasteiger partial charge on any atom is 0.127 e. The zero-order valence-electron chi connectivity index (χ0n) is 13.2. The molecule has 6 heteroatoms. The lowest BCUT2D eigenvalue weighted by Crippen LogP contribution is -2.23. The van der Waals surface area contributed by atoms with Crippen molar-refractivity contribution in [3.63, 3.8) is 0 Å². The number of nitrogens with zero attached hydrogens (tertiary/aromatic N) is 1. The van der Waals surface area contributed by atoms with Gasteiger partial charge in [0.1, 0.15) is 16.3 Å². The van der Waals surface area contributed by atoms with Crippen LogP contribution in [0.5, 0.6) is 0 Å². The fourth-order valence-corrected chi connectivity index (χ4v) is 5.12. The fraction of sp³-hybridized carbons (Fsp3) is 0.389. The van der Waals surface area contributed by atoms with Crippen LogP contribution in [0.3, 0.4) is 0 Å². The van der Waals surface area contributed by atoms with Crippen LogP contribution in [0.25, 0.3) is 10.2 Å². The maximum absolute atomic E-state index is 6.31. The molecule has 0 amide bonds. The van der Waals surface area contributed by atoms with Gasteiger partial charge in [-0.15, -0.1) is 17.8 Å². The Hall–Kier alpha value is -1.81. The predicted molar refractivity (Wildman–Crippen MR) is 100 cm³/mol. The topological polar surface area (TPSA) is 64.1 Å². The third kappa shape index (κ3) is 3.20. The Balaban J connectivity index is 1.55. The second-order valence-corrected chi connectivity index (χ2v) is 8.19. The standard InChI is InChI=1S/C18H19N3OS2/c1-2-14-15(9-12(19)8-11-5-6-11)23-17-16(14)21-24-18(17)20-10-13-4-3-7-22-13/h1,3-4,7,11-12,20H,5-6,8-10,19H2/t12-/m0/s1. The minimum absolute atomic E-state index is 0.190. The number of anilines is 1. The molecule has 124 valence electrons. The summed E-state index contributed by atoms with van der Waals surface area (Å²) < 4.78 is 11.1. The van der Waals surface area contributed by atoms with Crippen molar-refractivity contribution in [2.75, 3.05) is 5.32 Å². The van der Waals surface area contributed by atoms with Crippen molar-refractivity contribution in [2.24, 2.45) is 11.7 Å². The molecule has 1 aliphatic carbocycles. The van der Waals surface area contributed by atoms with Gasteiger partial charge in [0.2, 0.25) is 0 Å². The van der Waals surface area contributed by atoms with Crippen molar-refractivity contribution in [2.45, 2.75) is 38.3 Å². The molecule has 0 aromatic carbocycles. The molecule has 3 heterocycles. The monoisotopic (exact) mass is 357 g/mol. The smallest absolute Gasteiger partial charge is 0.127 e. The van der Waals surface area contributed by atoms with Crippen LogP contribution >= 0.6 is 22.9 Å². The predicted octanol–water partition coefficient (Wildman–Crippen LogP) is 4.21. The second kappa shape index (κ2) is 6.60. The SMILES string of the molecule is C#Cc1c(C[C@@H](N)CC2CC2)sc2c(NCc3ccco3)snc12. The van der Waals surface area contributed by atoms with E-state index < -0.39 is 0 Å². The van der Waals surface area contributed by atoms with Gasteiger partial charge in [0, 0.05) is 10.9 Å². The molecule has 3 aromatic rings. The Bertz CT molecular complexity index is 868. The van der Waals surface area contributed by atoms with Gasteiger partial charge in [0.05, 0.1) is 23.1 Å². The molecule has 0 saturated heterocycles. The number of aromatic nitrogens is 1. The van der Waals surface area contributed by atoms with E-state index in [0.29, 0.717) is 6.54 Å². The number of nitrogens with two attached hydrogens (primary N) is 1. The Labute approximate surface area is 149 Å². The summed E-state index contributed by atoms with van der Waals surface area (Å²) in [5, 5.41) is 4.45. The molecule has 1 atom stereocenters. The normalized spacial score (nSPS) is 15.5. The number of furan rings is 1. The number of nitrogens with one attached hydrogen (secondary N) is 1. The molecule has 1 aliphatic rings. The van der Waals surface area contributed by atoms with E-state index in [1.54, 1.807) is 17.6 Å². The van der Waals surface area contributed by atoms with Crippen molar-refractivity contribution in [1.29, 1.82) is 0 Å². The van der Waals surface area contributed by atoms with Gasteiger partial charge in [-0.2, -0.15) is 4.37 Å². The summed E-state index contributed by atoms with van der Waals surface area (Å²) in [6.07, 6.45) is 12.0. The molecule has 4 rings (SSSR count). The molecule has 0 spiro atoms. The lowest BCUT2D eigenvalue weighted by atomic mass is 10.0. The summed E-state index contributed by atoms with van der Waals surface area (Å²) in [6.45, 7) is 0.643. The van der Waals surface area contributed by atoms with Gasteiger partial charge < -0.3 is 15.5 Å². The molecule has 1 saturated carbocycles. The lowest BCUT2D eigenvalue weighted by Gasteiger charge is -2.09. The van der Waals surface area contributed by atoms with Gasteiger partial charge in [-0.05, 0) is 42.4 Å². The second-order valence-electron chi connectivity index (χ2n) is 6.31. The van der Waals surface area contributed by atoms with E-state index in [0.717, 1.165) is 45.3 Å². The first-order chi connectivity index (χ1) is 11.7. The maximum atomic E-state index is 6.31. The average Bonchev–Trinajstić information content (AvgIpc) is 2.99. The number of rotatable bonds is 7. The van der Waals surface area contributed by atoms with E-state index in [4.69, 9.17) is 16.6 Å². The van der Waals surface area contributed by atoms with E-state index in [1.165, 1.54) is 29.3 Å². The first-order valence-corrected chi connectivity index (χ1v) is 9.73. The third-order valence-electron chi connectivity index (χ3n) is 4.32. The molecule has 0 aliphatic heterocycles. The van der Waals surface area contributed by atoms with E-state index in [-0.39, 0.29) is 6.04 Å². The highest BCUT2D eigenvalue weighted by atomic mass is 32.1. The largest absolute Gasteiger partial charge is 0.467 e. The van der Waals surface area contributed by atoms with E-state index in [2.05, 4.69) is 15.6 Å². The van der Waals surface area contributed by atoms with Gasteiger partial charge in [-0.1, -0.05) is 18.8 Å². The number of thiophene rings is 1. The summed E-state index contributed by atoms with van der Waals surface area (Å²) in [6, 6.07) is 4.03. The summed E-state index contributed by atoms with van der Waals surface area (Å²) in [5.74, 6) is 4.56. The molecule has 3 aromatic heterocycles. The molecule has 0 unspecified atom stereocenters. The molecule has 0 bridgehead atoms. The van der Waals surface area contributed by atoms with Gasteiger partial charge in [0.25, 0.3) is 0 Å². The van der Waals surface area contributed by atoms with Crippen LogP contribution in [-0.4, -0.2) is 10.4 Å². The Morgan fingerprint density at radius 2 is 2.38 bits per heavy atom. The van der Waals surface area contributed by atoms with Crippen LogP contribution in [-0.2, 0) is 13.0 Å². The highest BCUT2D eigenvalue weighted by Gasteiger charge is 2.25. The molecule has 0 radical (unpaired) electrons. The van der Waals surface area contributed by atoms with E-state index >= 15 is 0 Å². The molecular formula is C18H19N3OS2. The van der Waals surface area contributed by atoms with Crippen molar-refractivity contribution in [3.8, 4) is 12.3 Å². The molecule has 3 N–H and O–H groups in total. The number of terminal acetylenes is 1. The number of hydrogen-bond donors (Lipinski definition) is 2. The Morgan fingerprint density at radius 3 is 3.08 bits per heavy atom. The van der Waals surface area contributed by atoms with E-state index in [9.17, 15) is 0 Å². The Morgan fingerprint density at radius 1 is 1.50 bits per heavy atom. The average molecular weight is 358 g/mol. The van der Waals surface area contributed by atoms with Crippen LogP contribution in [0.15, 0.2) is 22.8 Å². The van der Waals surface area contributed by atoms with Gasteiger partial charge in [-0.3, -0.25) is 0 Å². The zero-order valence-corrected chi connectivity index (χ0v) is 14.9. The Kier molecular flexibility index (Phi) is 4.31. The highest BCUT2D eigenvalue weighted by Crippen LogP contribution is 2.40. The molecule has 4 nitrogen and oxygen atoms in total. The fourth-order valence-electron chi connectivity index (χ4n) is 2.93. The zero-order chi connectivity index (χ0) is 16.5. The van der Waals surface area contributed by atoms with Crippen LogP contribution in [0.4, 0.5) is 5.00 Å². The van der Waals surface area contributed by atoms with Crippen LogP contribution < -0.4 is 11.1 Å². The van der Waals surface area contributed by atoms with Crippen molar-refractivity contribution < 1.29 is 4.42 Å². The minimum atomic E-state index is 0.190. The highest BCUT2D eigenvalue weighted by molar-refractivity contribution is 7.24.